The maximum atomic E-state index is 11.1. The highest BCUT2D eigenvalue weighted by Gasteiger charge is 2.10. The number of hydrogen-bond acceptors (Lipinski definition) is 3. The zero-order valence-electron chi connectivity index (χ0n) is 7.57. The molecule has 0 saturated heterocycles. The number of nitrogens with zero attached hydrogens (tertiary/aromatic N) is 1. The molecule has 2 aromatic rings. The summed E-state index contributed by atoms with van der Waals surface area (Å²) in [7, 11) is 1.33. The first-order chi connectivity index (χ1) is 6.81. The fourth-order valence-electron chi connectivity index (χ4n) is 1.15. The molecule has 2 aromatic heterocycles. The monoisotopic (exact) mass is 191 g/mol. The molecule has 72 valence electrons. The molecule has 0 aliphatic heterocycles. The number of carbonyl (C=O) groups excluding carboxylic acids is 1. The van der Waals surface area contributed by atoms with Gasteiger partial charge in [-0.1, -0.05) is 0 Å². The number of aromatic nitrogens is 3. The van der Waals surface area contributed by atoms with Gasteiger partial charge in [-0.2, -0.15) is 0 Å². The third kappa shape index (κ3) is 1.39. The molecular formula is C9H9N3O2. The van der Waals surface area contributed by atoms with Crippen molar-refractivity contribution < 1.29 is 9.53 Å². The van der Waals surface area contributed by atoms with Gasteiger partial charge in [-0.25, -0.2) is 9.78 Å². The van der Waals surface area contributed by atoms with E-state index in [9.17, 15) is 4.79 Å². The van der Waals surface area contributed by atoms with Crippen LogP contribution in [0.2, 0.25) is 0 Å². The molecule has 0 bridgehead atoms. The van der Waals surface area contributed by atoms with Crippen molar-refractivity contribution in [2.24, 2.45) is 0 Å². The van der Waals surface area contributed by atoms with Crippen LogP contribution in [0.3, 0.4) is 0 Å². The first-order valence-electron chi connectivity index (χ1n) is 4.08. The van der Waals surface area contributed by atoms with Crippen LogP contribution >= 0.6 is 0 Å². The summed E-state index contributed by atoms with van der Waals surface area (Å²) in [5.41, 5.74) is 1.18. The van der Waals surface area contributed by atoms with Gasteiger partial charge in [0.15, 0.2) is 5.82 Å². The summed E-state index contributed by atoms with van der Waals surface area (Å²) < 4.78 is 4.55. The SMILES string of the molecule is COC(=O)c1cnc(-c2ccc[nH]2)[nH]1. The van der Waals surface area contributed by atoms with Crippen molar-refractivity contribution in [2.45, 2.75) is 0 Å². The van der Waals surface area contributed by atoms with Gasteiger partial charge in [0.1, 0.15) is 5.69 Å². The van der Waals surface area contributed by atoms with Gasteiger partial charge in [0.2, 0.25) is 0 Å². The van der Waals surface area contributed by atoms with Gasteiger partial charge in [-0.3, -0.25) is 0 Å². The minimum absolute atomic E-state index is 0.345. The molecule has 0 saturated carbocycles. The van der Waals surface area contributed by atoms with E-state index in [4.69, 9.17) is 0 Å². The van der Waals surface area contributed by atoms with Crippen LogP contribution in [-0.4, -0.2) is 28.0 Å². The van der Waals surface area contributed by atoms with Crippen LogP contribution in [0.25, 0.3) is 11.5 Å². The van der Waals surface area contributed by atoms with Gasteiger partial charge in [0.05, 0.1) is 19.0 Å². The number of rotatable bonds is 2. The molecule has 5 nitrogen and oxygen atoms in total. The first-order valence-corrected chi connectivity index (χ1v) is 4.08. The van der Waals surface area contributed by atoms with Crippen LogP contribution < -0.4 is 0 Å². The van der Waals surface area contributed by atoms with E-state index >= 15 is 0 Å². The maximum absolute atomic E-state index is 11.1. The predicted octanol–water partition coefficient (Wildman–Crippen LogP) is 1.19. The number of esters is 1. The zero-order chi connectivity index (χ0) is 9.97. The van der Waals surface area contributed by atoms with E-state index in [1.165, 1.54) is 13.3 Å². The average Bonchev–Trinajstić information content (AvgIpc) is 2.86. The number of carbonyl (C=O) groups is 1. The number of hydrogen-bond donors (Lipinski definition) is 2. The highest BCUT2D eigenvalue weighted by atomic mass is 16.5. The zero-order valence-corrected chi connectivity index (χ0v) is 7.57. The fourth-order valence-corrected chi connectivity index (χ4v) is 1.15. The van der Waals surface area contributed by atoms with E-state index < -0.39 is 5.97 Å². The Morgan fingerprint density at radius 2 is 2.43 bits per heavy atom. The van der Waals surface area contributed by atoms with Crippen LogP contribution in [-0.2, 0) is 4.74 Å². The molecule has 0 unspecified atom stereocenters. The third-order valence-corrected chi connectivity index (χ3v) is 1.83. The minimum atomic E-state index is -0.421. The second-order valence-electron chi connectivity index (χ2n) is 2.72. The molecule has 0 aliphatic rings. The Morgan fingerprint density at radius 1 is 1.57 bits per heavy atom. The summed E-state index contributed by atoms with van der Waals surface area (Å²) in [4.78, 5) is 21.0. The quantitative estimate of drug-likeness (QED) is 0.700. The van der Waals surface area contributed by atoms with Crippen molar-refractivity contribution in [3.05, 3.63) is 30.2 Å². The molecular weight excluding hydrogens is 182 g/mol. The van der Waals surface area contributed by atoms with Crippen molar-refractivity contribution in [3.8, 4) is 11.5 Å². The summed E-state index contributed by atoms with van der Waals surface area (Å²) in [6, 6.07) is 3.72. The Hall–Kier alpha value is -2.04. The van der Waals surface area contributed by atoms with Crippen LogP contribution in [0.4, 0.5) is 0 Å². The van der Waals surface area contributed by atoms with E-state index in [0.717, 1.165) is 5.69 Å². The second kappa shape index (κ2) is 3.37. The molecule has 0 fully saturated rings. The molecule has 2 rings (SSSR count). The fraction of sp³-hybridized carbons (Fsp3) is 0.111. The van der Waals surface area contributed by atoms with Crippen LogP contribution in [0.15, 0.2) is 24.5 Å². The number of aromatic amines is 2. The largest absolute Gasteiger partial charge is 0.464 e. The Kier molecular flexibility index (Phi) is 2.06. The lowest BCUT2D eigenvalue weighted by Crippen LogP contribution is -2.00. The van der Waals surface area contributed by atoms with E-state index in [1.807, 2.05) is 12.1 Å². The maximum Gasteiger partial charge on any atom is 0.356 e. The van der Waals surface area contributed by atoms with E-state index in [0.29, 0.717) is 11.5 Å². The summed E-state index contributed by atoms with van der Waals surface area (Å²) in [5.74, 6) is 0.200. The van der Waals surface area contributed by atoms with Gasteiger partial charge in [-0.15, -0.1) is 0 Å². The van der Waals surface area contributed by atoms with Gasteiger partial charge >= 0.3 is 5.97 Å². The summed E-state index contributed by atoms with van der Waals surface area (Å²) in [6.07, 6.45) is 3.23. The summed E-state index contributed by atoms with van der Waals surface area (Å²) in [5, 5.41) is 0. The average molecular weight is 191 g/mol. The molecule has 0 radical (unpaired) electrons. The molecule has 0 spiro atoms. The van der Waals surface area contributed by atoms with Crippen LogP contribution in [0.5, 0.6) is 0 Å². The van der Waals surface area contributed by atoms with Crippen LogP contribution in [0.1, 0.15) is 10.5 Å². The van der Waals surface area contributed by atoms with E-state index in [-0.39, 0.29) is 0 Å². The number of ether oxygens (including phenoxy) is 1. The van der Waals surface area contributed by atoms with E-state index in [1.54, 1.807) is 6.20 Å². The molecule has 5 heteroatoms. The first kappa shape index (κ1) is 8.55. The molecule has 0 aliphatic carbocycles. The number of imidazole rings is 1. The summed E-state index contributed by atoms with van der Waals surface area (Å²) >= 11 is 0. The Balaban J connectivity index is 2.31. The van der Waals surface area contributed by atoms with Crippen molar-refractivity contribution in [2.75, 3.05) is 7.11 Å². The standard InChI is InChI=1S/C9H9N3O2/c1-14-9(13)7-5-11-8(12-7)6-3-2-4-10-6/h2-5,10H,1H3,(H,11,12). The van der Waals surface area contributed by atoms with Crippen molar-refractivity contribution in [1.82, 2.24) is 15.0 Å². The summed E-state index contributed by atoms with van der Waals surface area (Å²) in [6.45, 7) is 0. The molecule has 0 amide bonds. The van der Waals surface area contributed by atoms with E-state index in [2.05, 4.69) is 19.7 Å². The number of H-pyrrole nitrogens is 2. The second-order valence-corrected chi connectivity index (χ2v) is 2.72. The van der Waals surface area contributed by atoms with Crippen molar-refractivity contribution in [1.29, 1.82) is 0 Å². The molecule has 0 atom stereocenters. The lowest BCUT2D eigenvalue weighted by Gasteiger charge is -1.93. The number of nitrogens with one attached hydrogen (secondary N) is 2. The smallest absolute Gasteiger partial charge is 0.356 e. The van der Waals surface area contributed by atoms with Gasteiger partial charge in [0, 0.05) is 6.20 Å². The Morgan fingerprint density at radius 3 is 3.07 bits per heavy atom. The molecule has 2 heterocycles. The van der Waals surface area contributed by atoms with Gasteiger partial charge in [0.25, 0.3) is 0 Å². The lowest BCUT2D eigenvalue weighted by atomic mass is 10.4. The van der Waals surface area contributed by atoms with Gasteiger partial charge < -0.3 is 14.7 Å². The van der Waals surface area contributed by atoms with Crippen LogP contribution in [0, 0.1) is 0 Å². The Labute approximate surface area is 80.1 Å². The highest BCUT2D eigenvalue weighted by molar-refractivity contribution is 5.87. The third-order valence-electron chi connectivity index (χ3n) is 1.83. The molecule has 14 heavy (non-hydrogen) atoms. The predicted molar refractivity (Wildman–Crippen MR) is 49.7 cm³/mol. The molecule has 2 N–H and O–H groups in total. The lowest BCUT2D eigenvalue weighted by molar-refractivity contribution is 0.0595. The Bertz CT molecular complexity index is 431. The van der Waals surface area contributed by atoms with Gasteiger partial charge in [-0.05, 0) is 12.1 Å². The van der Waals surface area contributed by atoms with Crippen molar-refractivity contribution in [3.63, 3.8) is 0 Å². The van der Waals surface area contributed by atoms with Crippen molar-refractivity contribution >= 4 is 5.97 Å². The number of methoxy groups -OCH3 is 1. The highest BCUT2D eigenvalue weighted by Crippen LogP contribution is 2.12. The molecule has 0 aromatic carbocycles. The normalized spacial score (nSPS) is 10.1. The minimum Gasteiger partial charge on any atom is -0.464 e. The topological polar surface area (TPSA) is 70.8 Å².